The quantitative estimate of drug-likeness (QED) is 0.767. The number of hydrogen-bond donors (Lipinski definition) is 3. The lowest BCUT2D eigenvalue weighted by Gasteiger charge is -2.28. The van der Waals surface area contributed by atoms with Gasteiger partial charge in [-0.15, -0.1) is 0 Å². The van der Waals surface area contributed by atoms with E-state index in [9.17, 15) is 4.79 Å². The first-order chi connectivity index (χ1) is 12.7. The molecule has 1 amide bonds. The molecule has 4 rings (SSSR count). The highest BCUT2D eigenvalue weighted by Gasteiger charge is 2.23. The average Bonchev–Trinajstić information content (AvgIpc) is 3.31. The van der Waals surface area contributed by atoms with Crippen molar-refractivity contribution in [2.45, 2.75) is 45.1 Å². The zero-order chi connectivity index (χ0) is 17.9. The molecule has 6 nitrogen and oxygen atoms in total. The van der Waals surface area contributed by atoms with E-state index in [1.54, 1.807) is 0 Å². The maximum atomic E-state index is 12.4. The number of nitrogens with zero attached hydrogens (tertiary/aromatic N) is 1. The zero-order valence-electron chi connectivity index (χ0n) is 15.4. The monoisotopic (exact) mass is 356 g/mol. The maximum absolute atomic E-state index is 12.4. The molecule has 2 saturated heterocycles. The number of rotatable bonds is 5. The van der Waals surface area contributed by atoms with Crippen molar-refractivity contribution < 1.29 is 9.53 Å². The molecular formula is C20H28N4O2. The van der Waals surface area contributed by atoms with Crippen LogP contribution in [0.25, 0.3) is 11.0 Å². The number of fused-ring (bicyclic) bond motifs is 1. The lowest BCUT2D eigenvalue weighted by atomic mass is 9.85. The van der Waals surface area contributed by atoms with Crippen molar-refractivity contribution in [2.75, 3.05) is 25.0 Å². The Labute approximate surface area is 154 Å². The second-order valence-electron chi connectivity index (χ2n) is 7.69. The Morgan fingerprint density at radius 2 is 2.31 bits per heavy atom. The largest absolute Gasteiger partial charge is 0.370 e. The fourth-order valence-corrected chi connectivity index (χ4v) is 4.09. The van der Waals surface area contributed by atoms with E-state index in [0.717, 1.165) is 55.1 Å². The number of aromatic amines is 1. The van der Waals surface area contributed by atoms with Gasteiger partial charge in [0.2, 0.25) is 5.91 Å². The van der Waals surface area contributed by atoms with Gasteiger partial charge < -0.3 is 20.4 Å². The first kappa shape index (κ1) is 17.5. The number of ether oxygens (including phenoxy) is 1. The summed E-state index contributed by atoms with van der Waals surface area (Å²) in [6.07, 6.45) is 5.16. The van der Waals surface area contributed by atoms with Crippen LogP contribution in [0.4, 0.5) is 5.69 Å². The van der Waals surface area contributed by atoms with Gasteiger partial charge in [0.1, 0.15) is 11.9 Å². The van der Waals surface area contributed by atoms with Crippen LogP contribution in [0.5, 0.6) is 0 Å². The van der Waals surface area contributed by atoms with Crippen LogP contribution in [0.3, 0.4) is 0 Å². The fourth-order valence-electron chi connectivity index (χ4n) is 4.09. The minimum atomic E-state index is 0.0744. The molecule has 1 aromatic heterocycles. The number of hydrogen-bond acceptors (Lipinski definition) is 4. The smallest absolute Gasteiger partial charge is 0.224 e. The van der Waals surface area contributed by atoms with E-state index in [1.807, 2.05) is 18.2 Å². The summed E-state index contributed by atoms with van der Waals surface area (Å²) in [5.74, 6) is 1.96. The van der Waals surface area contributed by atoms with E-state index in [1.165, 1.54) is 12.8 Å². The van der Waals surface area contributed by atoms with Gasteiger partial charge in [0.25, 0.3) is 0 Å². The van der Waals surface area contributed by atoms with Crippen LogP contribution in [0.1, 0.15) is 51.0 Å². The van der Waals surface area contributed by atoms with Gasteiger partial charge >= 0.3 is 0 Å². The van der Waals surface area contributed by atoms with Gasteiger partial charge in [-0.2, -0.15) is 0 Å². The van der Waals surface area contributed by atoms with Crippen molar-refractivity contribution in [2.24, 2.45) is 11.8 Å². The number of aromatic nitrogens is 2. The van der Waals surface area contributed by atoms with Crippen molar-refractivity contribution in [3.05, 3.63) is 24.0 Å². The molecule has 3 atom stereocenters. The molecule has 1 aromatic carbocycles. The van der Waals surface area contributed by atoms with Crippen molar-refractivity contribution in [3.8, 4) is 0 Å². The number of imidazole rings is 1. The predicted octanol–water partition coefficient (Wildman–Crippen LogP) is 3.38. The molecule has 2 aromatic rings. The molecule has 26 heavy (non-hydrogen) atoms. The van der Waals surface area contributed by atoms with E-state index in [2.05, 4.69) is 27.5 Å². The molecule has 3 unspecified atom stereocenters. The van der Waals surface area contributed by atoms with Crippen LogP contribution in [0, 0.1) is 11.8 Å². The number of amides is 1. The van der Waals surface area contributed by atoms with Crippen LogP contribution in [0.15, 0.2) is 18.2 Å². The summed E-state index contributed by atoms with van der Waals surface area (Å²) < 4.78 is 5.70. The van der Waals surface area contributed by atoms with E-state index < -0.39 is 0 Å². The predicted molar refractivity (Wildman–Crippen MR) is 102 cm³/mol. The standard InChI is InChI=1S/C20H28N4O2/c1-13(14-4-2-8-21-12-14)10-19(25)22-15-6-7-16-17(11-15)24-20(23-16)18-5-3-9-26-18/h6-7,11,13-14,18,21H,2-5,8-10,12H2,1H3,(H,22,25)(H,23,24). The van der Waals surface area contributed by atoms with Crippen molar-refractivity contribution >= 4 is 22.6 Å². The number of anilines is 1. The third kappa shape index (κ3) is 3.91. The fraction of sp³-hybridized carbons (Fsp3) is 0.600. The maximum Gasteiger partial charge on any atom is 0.224 e. The molecule has 3 heterocycles. The van der Waals surface area contributed by atoms with Crippen LogP contribution in [-0.4, -0.2) is 35.6 Å². The van der Waals surface area contributed by atoms with E-state index in [-0.39, 0.29) is 12.0 Å². The number of piperidine rings is 1. The van der Waals surface area contributed by atoms with Crippen LogP contribution in [0.2, 0.25) is 0 Å². The second-order valence-corrected chi connectivity index (χ2v) is 7.69. The Morgan fingerprint density at radius 3 is 3.08 bits per heavy atom. The third-order valence-corrected chi connectivity index (χ3v) is 5.67. The molecule has 140 valence electrons. The number of H-pyrrole nitrogens is 1. The lowest BCUT2D eigenvalue weighted by Crippen LogP contribution is -2.34. The molecule has 0 spiro atoms. The Bertz CT molecular complexity index is 760. The highest BCUT2D eigenvalue weighted by molar-refractivity contribution is 5.93. The topological polar surface area (TPSA) is 79.0 Å². The molecule has 0 aliphatic carbocycles. The van der Waals surface area contributed by atoms with Crippen LogP contribution >= 0.6 is 0 Å². The van der Waals surface area contributed by atoms with E-state index >= 15 is 0 Å². The highest BCUT2D eigenvalue weighted by atomic mass is 16.5. The lowest BCUT2D eigenvalue weighted by molar-refractivity contribution is -0.117. The van der Waals surface area contributed by atoms with Gasteiger partial charge in [-0.3, -0.25) is 4.79 Å². The van der Waals surface area contributed by atoms with Gasteiger partial charge in [-0.05, 0) is 68.8 Å². The third-order valence-electron chi connectivity index (χ3n) is 5.67. The summed E-state index contributed by atoms with van der Waals surface area (Å²) in [7, 11) is 0. The molecule has 0 radical (unpaired) electrons. The first-order valence-electron chi connectivity index (χ1n) is 9.81. The second kappa shape index (κ2) is 7.76. The Kier molecular flexibility index (Phi) is 5.22. The van der Waals surface area contributed by atoms with E-state index in [0.29, 0.717) is 18.3 Å². The van der Waals surface area contributed by atoms with E-state index in [4.69, 9.17) is 4.74 Å². The van der Waals surface area contributed by atoms with Gasteiger partial charge in [-0.1, -0.05) is 6.92 Å². The summed E-state index contributed by atoms with van der Waals surface area (Å²) in [4.78, 5) is 20.4. The number of nitrogens with one attached hydrogen (secondary N) is 3. The minimum Gasteiger partial charge on any atom is -0.370 e. The first-order valence-corrected chi connectivity index (χ1v) is 9.81. The summed E-state index contributed by atoms with van der Waals surface area (Å²) in [6, 6.07) is 5.84. The molecule has 0 bridgehead atoms. The number of benzene rings is 1. The van der Waals surface area contributed by atoms with Gasteiger partial charge in [0, 0.05) is 18.7 Å². The number of carbonyl (C=O) groups excluding carboxylic acids is 1. The van der Waals surface area contributed by atoms with Crippen LogP contribution < -0.4 is 10.6 Å². The molecule has 2 aliphatic heterocycles. The Hall–Kier alpha value is -1.92. The Balaban J connectivity index is 1.39. The molecule has 2 aliphatic rings. The van der Waals surface area contributed by atoms with Crippen molar-refractivity contribution in [1.29, 1.82) is 0 Å². The molecule has 2 fully saturated rings. The van der Waals surface area contributed by atoms with Gasteiger partial charge in [-0.25, -0.2) is 4.98 Å². The average molecular weight is 356 g/mol. The molecular weight excluding hydrogens is 328 g/mol. The van der Waals surface area contributed by atoms with Crippen LogP contribution in [-0.2, 0) is 9.53 Å². The van der Waals surface area contributed by atoms with Crippen molar-refractivity contribution in [3.63, 3.8) is 0 Å². The van der Waals surface area contributed by atoms with Gasteiger partial charge in [0.05, 0.1) is 11.0 Å². The molecule has 3 N–H and O–H groups in total. The molecule has 0 saturated carbocycles. The zero-order valence-corrected chi connectivity index (χ0v) is 15.4. The molecule has 6 heteroatoms. The summed E-state index contributed by atoms with van der Waals surface area (Å²) in [5.41, 5.74) is 2.67. The van der Waals surface area contributed by atoms with Gasteiger partial charge in [0.15, 0.2) is 0 Å². The SMILES string of the molecule is CC(CC(=O)Nc1ccc2nc(C3CCCO3)[nH]c2c1)C1CCCNC1. The Morgan fingerprint density at radius 1 is 1.38 bits per heavy atom. The highest BCUT2D eigenvalue weighted by Crippen LogP contribution is 2.29. The van der Waals surface area contributed by atoms with Crippen molar-refractivity contribution in [1.82, 2.24) is 15.3 Å². The number of carbonyl (C=O) groups is 1. The summed E-state index contributed by atoms with van der Waals surface area (Å²) in [5, 5.41) is 6.48. The minimum absolute atomic E-state index is 0.0744. The summed E-state index contributed by atoms with van der Waals surface area (Å²) >= 11 is 0. The normalized spacial score (nSPS) is 24.7. The summed E-state index contributed by atoms with van der Waals surface area (Å²) in [6.45, 7) is 5.12.